The molecule has 1 fully saturated rings. The molecule has 0 spiro atoms. The van der Waals surface area contributed by atoms with Gasteiger partial charge in [-0.2, -0.15) is 0 Å². The predicted octanol–water partition coefficient (Wildman–Crippen LogP) is 1.85. The fraction of sp³-hybridized carbons (Fsp3) is 0.917. The molecular formula is C12H23ClN2O. The molecule has 1 heterocycles. The van der Waals surface area contributed by atoms with Crippen LogP contribution in [-0.4, -0.2) is 42.4 Å². The van der Waals surface area contributed by atoms with Gasteiger partial charge in [0, 0.05) is 12.4 Å². The van der Waals surface area contributed by atoms with Gasteiger partial charge < -0.3 is 5.32 Å². The maximum absolute atomic E-state index is 11.8. The smallest absolute Gasteiger partial charge is 0.237 e. The van der Waals surface area contributed by atoms with Gasteiger partial charge >= 0.3 is 0 Å². The maximum atomic E-state index is 11.8. The number of amides is 1. The number of hydrogen-bond donors (Lipinski definition) is 1. The van der Waals surface area contributed by atoms with Crippen molar-refractivity contribution in [1.29, 1.82) is 0 Å². The second kappa shape index (κ2) is 7.13. The van der Waals surface area contributed by atoms with Crippen molar-refractivity contribution < 1.29 is 4.79 Å². The summed E-state index contributed by atoms with van der Waals surface area (Å²) in [7, 11) is 0. The number of alkyl halides is 1. The Morgan fingerprint density at radius 3 is 2.69 bits per heavy atom. The summed E-state index contributed by atoms with van der Waals surface area (Å²) in [6.45, 7) is 7.06. The van der Waals surface area contributed by atoms with Crippen LogP contribution in [0.1, 0.15) is 33.1 Å². The lowest BCUT2D eigenvalue weighted by Crippen LogP contribution is -2.48. The van der Waals surface area contributed by atoms with Crippen molar-refractivity contribution in [1.82, 2.24) is 10.2 Å². The SMILES string of the molecule is CC1CCN([C@H](C)C(=O)NCCCCl)CC1. The van der Waals surface area contributed by atoms with E-state index in [2.05, 4.69) is 17.1 Å². The fourth-order valence-electron chi connectivity index (χ4n) is 2.01. The average Bonchev–Trinajstić information content (AvgIpc) is 2.29. The molecule has 1 saturated heterocycles. The molecule has 1 amide bonds. The Hall–Kier alpha value is -0.280. The first-order chi connectivity index (χ1) is 7.65. The lowest BCUT2D eigenvalue weighted by atomic mass is 9.98. The molecule has 1 N–H and O–H groups in total. The summed E-state index contributed by atoms with van der Waals surface area (Å²) < 4.78 is 0. The van der Waals surface area contributed by atoms with Crippen LogP contribution in [0.15, 0.2) is 0 Å². The van der Waals surface area contributed by atoms with Crippen LogP contribution in [-0.2, 0) is 4.79 Å². The number of hydrogen-bond acceptors (Lipinski definition) is 2. The Balaban J connectivity index is 2.27. The number of carbonyl (C=O) groups excluding carboxylic acids is 1. The highest BCUT2D eigenvalue weighted by Gasteiger charge is 2.24. The van der Waals surface area contributed by atoms with E-state index in [-0.39, 0.29) is 11.9 Å². The van der Waals surface area contributed by atoms with Crippen LogP contribution in [0.4, 0.5) is 0 Å². The molecular weight excluding hydrogens is 224 g/mol. The first kappa shape index (κ1) is 13.8. The molecule has 3 nitrogen and oxygen atoms in total. The number of nitrogens with zero attached hydrogens (tertiary/aromatic N) is 1. The Labute approximate surface area is 104 Å². The van der Waals surface area contributed by atoms with Crippen molar-refractivity contribution in [3.8, 4) is 0 Å². The molecule has 1 aliphatic rings. The average molecular weight is 247 g/mol. The zero-order valence-corrected chi connectivity index (χ0v) is 11.1. The topological polar surface area (TPSA) is 32.3 Å². The molecule has 0 saturated carbocycles. The third-order valence-electron chi connectivity index (χ3n) is 3.36. The summed E-state index contributed by atoms with van der Waals surface area (Å²) in [5, 5.41) is 2.93. The molecule has 0 unspecified atom stereocenters. The van der Waals surface area contributed by atoms with Crippen molar-refractivity contribution in [3.05, 3.63) is 0 Å². The summed E-state index contributed by atoms with van der Waals surface area (Å²) in [5.41, 5.74) is 0. The highest BCUT2D eigenvalue weighted by molar-refractivity contribution is 6.17. The van der Waals surface area contributed by atoms with Crippen LogP contribution in [0, 0.1) is 5.92 Å². The third-order valence-corrected chi connectivity index (χ3v) is 3.62. The number of carbonyl (C=O) groups is 1. The van der Waals surface area contributed by atoms with Crippen LogP contribution in [0.25, 0.3) is 0 Å². The number of halogens is 1. The van der Waals surface area contributed by atoms with Gasteiger partial charge in [-0.15, -0.1) is 11.6 Å². The zero-order chi connectivity index (χ0) is 12.0. The first-order valence-electron chi connectivity index (χ1n) is 6.23. The van der Waals surface area contributed by atoms with Crippen molar-refractivity contribution in [2.45, 2.75) is 39.2 Å². The van der Waals surface area contributed by atoms with E-state index >= 15 is 0 Å². The van der Waals surface area contributed by atoms with E-state index in [0.717, 1.165) is 25.4 Å². The molecule has 1 rings (SSSR count). The van der Waals surface area contributed by atoms with Crippen LogP contribution in [0.5, 0.6) is 0 Å². The minimum atomic E-state index is 0.00262. The molecule has 94 valence electrons. The Morgan fingerprint density at radius 2 is 2.12 bits per heavy atom. The van der Waals surface area contributed by atoms with Gasteiger partial charge in [-0.3, -0.25) is 9.69 Å². The fourth-order valence-corrected chi connectivity index (χ4v) is 2.14. The van der Waals surface area contributed by atoms with Crippen molar-refractivity contribution in [2.75, 3.05) is 25.5 Å². The van der Waals surface area contributed by atoms with Crippen LogP contribution >= 0.6 is 11.6 Å². The zero-order valence-electron chi connectivity index (χ0n) is 10.3. The molecule has 0 aromatic carbocycles. The Bertz CT molecular complexity index is 215. The van der Waals surface area contributed by atoms with Gasteiger partial charge in [0.05, 0.1) is 6.04 Å². The van der Waals surface area contributed by atoms with Gasteiger partial charge in [-0.1, -0.05) is 6.92 Å². The summed E-state index contributed by atoms with van der Waals surface area (Å²) in [6, 6.07) is 0.00262. The first-order valence-corrected chi connectivity index (χ1v) is 6.76. The maximum Gasteiger partial charge on any atom is 0.237 e. The molecule has 16 heavy (non-hydrogen) atoms. The van der Waals surface area contributed by atoms with E-state index in [1.54, 1.807) is 0 Å². The van der Waals surface area contributed by atoms with Gasteiger partial charge in [-0.25, -0.2) is 0 Å². The molecule has 4 heteroatoms. The van der Waals surface area contributed by atoms with Gasteiger partial charge in [0.1, 0.15) is 0 Å². The molecule has 0 bridgehead atoms. The molecule has 0 aromatic heterocycles. The van der Waals surface area contributed by atoms with E-state index in [0.29, 0.717) is 12.4 Å². The second-order valence-corrected chi connectivity index (χ2v) is 5.11. The summed E-state index contributed by atoms with van der Waals surface area (Å²) in [4.78, 5) is 14.1. The highest BCUT2D eigenvalue weighted by Crippen LogP contribution is 2.17. The largest absolute Gasteiger partial charge is 0.355 e. The third kappa shape index (κ3) is 4.30. The van der Waals surface area contributed by atoms with E-state index < -0.39 is 0 Å². The number of piperidine rings is 1. The number of likely N-dealkylation sites (tertiary alicyclic amines) is 1. The Morgan fingerprint density at radius 1 is 1.50 bits per heavy atom. The van der Waals surface area contributed by atoms with E-state index in [1.807, 2.05) is 6.92 Å². The van der Waals surface area contributed by atoms with E-state index in [1.165, 1.54) is 12.8 Å². The van der Waals surface area contributed by atoms with Gasteiger partial charge in [0.25, 0.3) is 0 Å². The normalized spacial score (nSPS) is 20.7. The lowest BCUT2D eigenvalue weighted by Gasteiger charge is -2.34. The van der Waals surface area contributed by atoms with Gasteiger partial charge in [0.15, 0.2) is 0 Å². The van der Waals surface area contributed by atoms with Crippen LogP contribution in [0.3, 0.4) is 0 Å². The van der Waals surface area contributed by atoms with Crippen LogP contribution < -0.4 is 5.32 Å². The van der Waals surface area contributed by atoms with Crippen molar-refractivity contribution in [3.63, 3.8) is 0 Å². The summed E-state index contributed by atoms with van der Waals surface area (Å²) in [6.07, 6.45) is 3.26. The van der Waals surface area contributed by atoms with Gasteiger partial charge in [-0.05, 0) is 45.2 Å². The van der Waals surface area contributed by atoms with Crippen molar-refractivity contribution >= 4 is 17.5 Å². The summed E-state index contributed by atoms with van der Waals surface area (Å²) >= 11 is 5.57. The molecule has 1 aliphatic heterocycles. The standard InChI is InChI=1S/C12H23ClN2O/c1-10-4-8-15(9-5-10)11(2)12(16)14-7-3-6-13/h10-11H,3-9H2,1-2H3,(H,14,16)/t11-/m1/s1. The molecule has 1 atom stereocenters. The summed E-state index contributed by atoms with van der Waals surface area (Å²) in [5.74, 6) is 1.55. The quantitative estimate of drug-likeness (QED) is 0.593. The van der Waals surface area contributed by atoms with Crippen LogP contribution in [0.2, 0.25) is 0 Å². The lowest BCUT2D eigenvalue weighted by molar-refractivity contribution is -0.126. The minimum Gasteiger partial charge on any atom is -0.355 e. The van der Waals surface area contributed by atoms with E-state index in [9.17, 15) is 4.79 Å². The predicted molar refractivity (Wildman–Crippen MR) is 67.8 cm³/mol. The van der Waals surface area contributed by atoms with Crippen molar-refractivity contribution in [2.24, 2.45) is 5.92 Å². The second-order valence-electron chi connectivity index (χ2n) is 4.73. The molecule has 0 aromatic rings. The number of nitrogens with one attached hydrogen (secondary N) is 1. The minimum absolute atomic E-state index is 0.00262. The molecule has 0 aliphatic carbocycles. The molecule has 0 radical (unpaired) electrons. The highest BCUT2D eigenvalue weighted by atomic mass is 35.5. The monoisotopic (exact) mass is 246 g/mol. The van der Waals surface area contributed by atoms with Gasteiger partial charge in [0.2, 0.25) is 5.91 Å². The van der Waals surface area contributed by atoms with E-state index in [4.69, 9.17) is 11.6 Å². The Kier molecular flexibility index (Phi) is 6.14. The number of rotatable bonds is 5.